The van der Waals surface area contributed by atoms with Gasteiger partial charge >= 0.3 is 0 Å². The van der Waals surface area contributed by atoms with Crippen LogP contribution in [-0.2, 0) is 16.9 Å². The molecule has 3 rings (SSSR count). The molecule has 0 saturated carbocycles. The van der Waals surface area contributed by atoms with Gasteiger partial charge in [-0.15, -0.1) is 0 Å². The van der Waals surface area contributed by atoms with Crippen LogP contribution in [0.25, 0.3) is 0 Å². The second-order valence-electron chi connectivity index (χ2n) is 5.32. The number of aryl methyl sites for hydroxylation is 1. The highest BCUT2D eigenvalue weighted by atomic mass is 35.5. The van der Waals surface area contributed by atoms with Crippen molar-refractivity contribution in [1.29, 1.82) is 0 Å². The van der Waals surface area contributed by atoms with E-state index in [-0.39, 0.29) is 22.2 Å². The monoisotopic (exact) mass is 339 g/mol. The van der Waals surface area contributed by atoms with E-state index in [1.54, 1.807) is 37.0 Å². The predicted molar refractivity (Wildman–Crippen MR) is 81.5 cm³/mol. The maximum absolute atomic E-state index is 12.5. The minimum absolute atomic E-state index is 0.141. The Morgan fingerprint density at radius 3 is 2.82 bits per heavy atom. The minimum Gasteiger partial charge on any atom is -0.340 e. The average Bonchev–Trinajstić information content (AvgIpc) is 2.99. The molecule has 1 amide bonds. The van der Waals surface area contributed by atoms with Crippen molar-refractivity contribution in [2.75, 3.05) is 12.8 Å². The average molecular weight is 340 g/mol. The Balaban J connectivity index is 2.00. The number of imidazole rings is 1. The first-order valence-corrected chi connectivity index (χ1v) is 8.60. The fourth-order valence-electron chi connectivity index (χ4n) is 2.62. The molecule has 8 heteroatoms. The summed E-state index contributed by atoms with van der Waals surface area (Å²) >= 11 is 5.97. The number of carbonyl (C=O) groups is 1. The van der Waals surface area contributed by atoms with Crippen LogP contribution in [0.3, 0.4) is 0 Å². The third-order valence-corrected chi connectivity index (χ3v) is 5.79. The van der Waals surface area contributed by atoms with Crippen molar-refractivity contribution in [3.8, 4) is 0 Å². The van der Waals surface area contributed by atoms with Crippen molar-refractivity contribution >= 4 is 27.3 Å². The van der Waals surface area contributed by atoms with E-state index in [4.69, 9.17) is 11.6 Å². The van der Waals surface area contributed by atoms with Crippen LogP contribution in [0.1, 0.15) is 22.1 Å². The number of fused-ring (bicyclic) bond motifs is 1. The molecule has 0 N–H and O–H groups in total. The summed E-state index contributed by atoms with van der Waals surface area (Å²) in [7, 11) is -0.0658. The molecule has 0 bridgehead atoms. The Morgan fingerprint density at radius 2 is 2.18 bits per heavy atom. The highest BCUT2D eigenvalue weighted by Crippen LogP contribution is 2.38. The summed E-state index contributed by atoms with van der Waals surface area (Å²) in [5.74, 6) is -0.466. The Kier molecular flexibility index (Phi) is 3.49. The summed E-state index contributed by atoms with van der Waals surface area (Å²) in [5.41, 5.74) is 0.831. The highest BCUT2D eigenvalue weighted by molar-refractivity contribution is 7.91. The molecule has 0 aliphatic carbocycles. The number of rotatable bonds is 2. The van der Waals surface area contributed by atoms with Gasteiger partial charge in [0.15, 0.2) is 9.84 Å². The first-order valence-electron chi connectivity index (χ1n) is 6.57. The van der Waals surface area contributed by atoms with Gasteiger partial charge in [0.25, 0.3) is 5.91 Å². The second kappa shape index (κ2) is 5.10. The van der Waals surface area contributed by atoms with Gasteiger partial charge in [0.05, 0.1) is 23.0 Å². The van der Waals surface area contributed by atoms with E-state index in [1.165, 1.54) is 17.3 Å². The molecule has 116 valence electrons. The molecule has 22 heavy (non-hydrogen) atoms. The van der Waals surface area contributed by atoms with Crippen LogP contribution in [0.2, 0.25) is 5.02 Å². The molecule has 2 aromatic rings. The molecule has 2 heterocycles. The fraction of sp³-hybridized carbons (Fsp3) is 0.286. The van der Waals surface area contributed by atoms with Crippen LogP contribution in [-0.4, -0.2) is 41.6 Å². The number of sulfone groups is 1. The number of nitrogens with zero attached hydrogens (tertiary/aromatic N) is 3. The van der Waals surface area contributed by atoms with Crippen LogP contribution in [0.15, 0.2) is 35.6 Å². The number of amides is 1. The van der Waals surface area contributed by atoms with Crippen LogP contribution in [0.5, 0.6) is 0 Å². The third-order valence-electron chi connectivity index (χ3n) is 3.76. The summed E-state index contributed by atoms with van der Waals surface area (Å²) in [6.07, 6.45) is 3.12. The predicted octanol–water partition coefficient (Wildman–Crippen LogP) is 1.67. The molecular weight excluding hydrogens is 326 g/mol. The molecule has 0 fully saturated rings. The van der Waals surface area contributed by atoms with E-state index < -0.39 is 15.9 Å². The number of hydrogen-bond donors (Lipinski definition) is 0. The Hall–Kier alpha value is -1.86. The summed E-state index contributed by atoms with van der Waals surface area (Å²) in [4.78, 5) is 18.1. The second-order valence-corrected chi connectivity index (χ2v) is 7.76. The van der Waals surface area contributed by atoms with Crippen molar-refractivity contribution in [2.24, 2.45) is 7.05 Å². The fourth-order valence-corrected chi connectivity index (χ4v) is 4.62. The number of carbonyl (C=O) groups excluding carboxylic acids is 1. The highest BCUT2D eigenvalue weighted by Gasteiger charge is 2.39. The molecule has 0 saturated heterocycles. The Bertz CT molecular complexity index is 860. The van der Waals surface area contributed by atoms with Gasteiger partial charge in [-0.05, 0) is 23.8 Å². The van der Waals surface area contributed by atoms with Gasteiger partial charge in [-0.25, -0.2) is 13.4 Å². The Labute approximate surface area is 133 Å². The minimum atomic E-state index is -3.41. The normalized spacial score (nSPS) is 19.0. The first kappa shape index (κ1) is 15.1. The molecule has 1 atom stereocenters. The zero-order chi connectivity index (χ0) is 16.1. The van der Waals surface area contributed by atoms with Crippen LogP contribution in [0, 0.1) is 0 Å². The lowest BCUT2D eigenvalue weighted by atomic mass is 10.1. The molecule has 1 unspecified atom stereocenters. The lowest BCUT2D eigenvalue weighted by Gasteiger charge is -2.23. The van der Waals surface area contributed by atoms with E-state index in [2.05, 4.69) is 4.98 Å². The molecule has 6 nitrogen and oxygen atoms in total. The van der Waals surface area contributed by atoms with E-state index >= 15 is 0 Å². The van der Waals surface area contributed by atoms with Gasteiger partial charge in [-0.2, -0.15) is 0 Å². The van der Waals surface area contributed by atoms with Crippen LogP contribution in [0.4, 0.5) is 0 Å². The maximum Gasteiger partial charge on any atom is 0.274 e. The summed E-state index contributed by atoms with van der Waals surface area (Å²) in [5, 5.41) is 0.444. The zero-order valence-corrected chi connectivity index (χ0v) is 13.6. The molecule has 1 aliphatic heterocycles. The molecule has 0 spiro atoms. The van der Waals surface area contributed by atoms with Gasteiger partial charge in [-0.1, -0.05) is 11.6 Å². The van der Waals surface area contributed by atoms with Gasteiger partial charge in [0.1, 0.15) is 5.69 Å². The van der Waals surface area contributed by atoms with Crippen molar-refractivity contribution in [3.05, 3.63) is 47.0 Å². The quantitative estimate of drug-likeness (QED) is 0.834. The van der Waals surface area contributed by atoms with E-state index in [0.29, 0.717) is 10.6 Å². The van der Waals surface area contributed by atoms with E-state index in [9.17, 15) is 13.2 Å². The molecular formula is C14H14ClN3O3S. The number of halogens is 1. The van der Waals surface area contributed by atoms with Crippen molar-refractivity contribution in [1.82, 2.24) is 14.5 Å². The SMILES string of the molecule is CN(C(=O)c1cn(C)cn1)C1CS(=O)(=O)c2ccc(Cl)cc21. The third kappa shape index (κ3) is 2.40. The maximum atomic E-state index is 12.5. The van der Waals surface area contributed by atoms with Gasteiger partial charge < -0.3 is 9.47 Å². The first-order chi connectivity index (χ1) is 10.3. The number of hydrogen-bond acceptors (Lipinski definition) is 4. The van der Waals surface area contributed by atoms with Gasteiger partial charge in [0.2, 0.25) is 0 Å². The summed E-state index contributed by atoms with van der Waals surface area (Å²) in [6.45, 7) is 0. The summed E-state index contributed by atoms with van der Waals surface area (Å²) < 4.78 is 26.1. The molecule has 1 aromatic heterocycles. The van der Waals surface area contributed by atoms with E-state index in [1.807, 2.05) is 0 Å². The van der Waals surface area contributed by atoms with Crippen LogP contribution < -0.4 is 0 Å². The molecule has 1 aliphatic rings. The van der Waals surface area contributed by atoms with Gasteiger partial charge in [-0.3, -0.25) is 4.79 Å². The largest absolute Gasteiger partial charge is 0.340 e. The van der Waals surface area contributed by atoms with Crippen LogP contribution >= 0.6 is 11.6 Å². The number of aromatic nitrogens is 2. The lowest BCUT2D eigenvalue weighted by molar-refractivity contribution is 0.0740. The van der Waals surface area contributed by atoms with E-state index in [0.717, 1.165) is 0 Å². The summed E-state index contributed by atoms with van der Waals surface area (Å²) in [6, 6.07) is 4.08. The molecule has 1 aromatic carbocycles. The lowest BCUT2D eigenvalue weighted by Crippen LogP contribution is -2.32. The number of benzene rings is 1. The van der Waals surface area contributed by atoms with Gasteiger partial charge in [0, 0.05) is 25.3 Å². The topological polar surface area (TPSA) is 72.3 Å². The zero-order valence-electron chi connectivity index (χ0n) is 12.0. The van der Waals surface area contributed by atoms with Crippen molar-refractivity contribution in [3.63, 3.8) is 0 Å². The molecule has 0 radical (unpaired) electrons. The standard InChI is InChI=1S/C14H14ClN3O3S/c1-17-6-11(16-8-17)14(19)18(2)12-7-22(20,21)13-4-3-9(15)5-10(12)13/h3-6,8,12H,7H2,1-2H3. The van der Waals surface area contributed by atoms with Crippen molar-refractivity contribution in [2.45, 2.75) is 10.9 Å². The van der Waals surface area contributed by atoms with Crippen molar-refractivity contribution < 1.29 is 13.2 Å². The Morgan fingerprint density at radius 1 is 1.45 bits per heavy atom. The smallest absolute Gasteiger partial charge is 0.274 e.